The molecule has 0 spiro atoms. The van der Waals surface area contributed by atoms with Crippen LogP contribution in [0.2, 0.25) is 0 Å². The third kappa shape index (κ3) is 4.86. The number of piperidine rings is 1. The smallest absolute Gasteiger partial charge is 0.228 e. The molecule has 1 aliphatic rings. The van der Waals surface area contributed by atoms with Gasteiger partial charge < -0.3 is 15.4 Å². The number of halogens is 2. The van der Waals surface area contributed by atoms with Crippen molar-refractivity contribution in [3.8, 4) is 0 Å². The minimum atomic E-state index is -0.378. The molecule has 1 amide bonds. The van der Waals surface area contributed by atoms with Crippen LogP contribution in [0.4, 0.5) is 0 Å². The molecular formula is C12H21Cl2N3O2S. The van der Waals surface area contributed by atoms with Gasteiger partial charge in [0.05, 0.1) is 18.6 Å². The first kappa shape index (κ1) is 19.6. The van der Waals surface area contributed by atoms with Crippen LogP contribution >= 0.6 is 36.2 Å². The van der Waals surface area contributed by atoms with E-state index >= 15 is 0 Å². The molecule has 116 valence electrons. The van der Waals surface area contributed by atoms with E-state index in [9.17, 15) is 4.79 Å². The van der Waals surface area contributed by atoms with E-state index < -0.39 is 0 Å². The lowest BCUT2D eigenvalue weighted by Crippen LogP contribution is -2.49. The summed E-state index contributed by atoms with van der Waals surface area (Å²) in [5.41, 5.74) is -0.378. The molecule has 8 heteroatoms. The lowest BCUT2D eigenvalue weighted by atomic mass is 9.78. The van der Waals surface area contributed by atoms with Crippen molar-refractivity contribution in [2.24, 2.45) is 5.41 Å². The number of hydrogen-bond donors (Lipinski definition) is 2. The maximum absolute atomic E-state index is 12.4. The average molecular weight is 342 g/mol. The van der Waals surface area contributed by atoms with Gasteiger partial charge in [-0.1, -0.05) is 0 Å². The molecule has 0 atom stereocenters. The fourth-order valence-electron chi connectivity index (χ4n) is 2.30. The molecule has 2 rings (SSSR count). The zero-order chi connectivity index (χ0) is 12.8. The molecule has 0 aromatic carbocycles. The summed E-state index contributed by atoms with van der Waals surface area (Å²) >= 11 is 1.55. The highest BCUT2D eigenvalue weighted by Crippen LogP contribution is 2.29. The third-order valence-corrected chi connectivity index (χ3v) is 4.13. The van der Waals surface area contributed by atoms with Crippen LogP contribution in [-0.4, -0.2) is 37.7 Å². The van der Waals surface area contributed by atoms with Gasteiger partial charge in [-0.2, -0.15) is 0 Å². The van der Waals surface area contributed by atoms with Crippen molar-refractivity contribution in [1.82, 2.24) is 15.6 Å². The Labute approximate surface area is 135 Å². The van der Waals surface area contributed by atoms with Crippen LogP contribution in [0.15, 0.2) is 11.6 Å². The van der Waals surface area contributed by atoms with E-state index in [2.05, 4.69) is 15.6 Å². The normalized spacial score (nSPS) is 16.6. The molecule has 20 heavy (non-hydrogen) atoms. The van der Waals surface area contributed by atoms with Crippen molar-refractivity contribution < 1.29 is 9.53 Å². The Kier molecular flexibility index (Phi) is 9.33. The van der Waals surface area contributed by atoms with Gasteiger partial charge in [-0.05, 0) is 25.9 Å². The summed E-state index contributed by atoms with van der Waals surface area (Å²) in [6, 6.07) is 0. The lowest BCUT2D eigenvalue weighted by molar-refractivity contribution is -0.136. The highest BCUT2D eigenvalue weighted by atomic mass is 35.5. The van der Waals surface area contributed by atoms with E-state index in [0.717, 1.165) is 30.9 Å². The van der Waals surface area contributed by atoms with E-state index in [4.69, 9.17) is 4.74 Å². The van der Waals surface area contributed by atoms with Gasteiger partial charge in [0.15, 0.2) is 0 Å². The van der Waals surface area contributed by atoms with E-state index in [1.54, 1.807) is 24.6 Å². The number of hydrogen-bond acceptors (Lipinski definition) is 5. The summed E-state index contributed by atoms with van der Waals surface area (Å²) in [6.07, 6.45) is 3.40. The predicted octanol–water partition coefficient (Wildman–Crippen LogP) is 1.62. The van der Waals surface area contributed by atoms with Crippen molar-refractivity contribution in [2.45, 2.75) is 19.4 Å². The van der Waals surface area contributed by atoms with Crippen molar-refractivity contribution in [3.05, 3.63) is 16.6 Å². The summed E-state index contributed by atoms with van der Waals surface area (Å²) in [5, 5.41) is 9.11. The number of carbonyl (C=O) groups excluding carboxylic acids is 1. The van der Waals surface area contributed by atoms with E-state index in [1.165, 1.54) is 0 Å². The second kappa shape index (κ2) is 9.52. The first-order valence-electron chi connectivity index (χ1n) is 6.13. The summed E-state index contributed by atoms with van der Waals surface area (Å²) < 4.78 is 5.24. The van der Waals surface area contributed by atoms with Gasteiger partial charge in [0.1, 0.15) is 5.01 Å². The topological polar surface area (TPSA) is 63.2 Å². The Morgan fingerprint density at radius 1 is 1.50 bits per heavy atom. The SMILES string of the molecule is COCC1(C(=O)NCc2nccs2)CCNCC1.Cl.Cl. The Bertz CT molecular complexity index is 379. The van der Waals surface area contributed by atoms with Crippen LogP contribution in [0.1, 0.15) is 17.8 Å². The molecule has 0 bridgehead atoms. The monoisotopic (exact) mass is 341 g/mol. The standard InChI is InChI=1S/C12H19N3O2S.2ClH/c1-17-9-12(2-4-13-5-3-12)11(16)15-8-10-14-6-7-18-10;;/h6-7,13H,2-5,8-9H2,1H3,(H,15,16);2*1H. The number of nitrogens with zero attached hydrogens (tertiary/aromatic N) is 1. The lowest BCUT2D eigenvalue weighted by Gasteiger charge is -2.35. The quantitative estimate of drug-likeness (QED) is 0.854. The van der Waals surface area contributed by atoms with Gasteiger partial charge >= 0.3 is 0 Å². The molecule has 0 radical (unpaired) electrons. The van der Waals surface area contributed by atoms with Crippen LogP contribution < -0.4 is 10.6 Å². The minimum absolute atomic E-state index is 0. The number of methoxy groups -OCH3 is 1. The molecule has 1 saturated heterocycles. The maximum Gasteiger partial charge on any atom is 0.228 e. The molecular weight excluding hydrogens is 321 g/mol. The van der Waals surface area contributed by atoms with Crippen molar-refractivity contribution in [1.29, 1.82) is 0 Å². The van der Waals surface area contributed by atoms with Crippen LogP contribution in [0, 0.1) is 5.41 Å². The van der Waals surface area contributed by atoms with Crippen molar-refractivity contribution >= 4 is 42.1 Å². The zero-order valence-corrected chi connectivity index (χ0v) is 13.8. The summed E-state index contributed by atoms with van der Waals surface area (Å²) in [6.45, 7) is 2.73. The van der Waals surface area contributed by atoms with Gasteiger partial charge in [0, 0.05) is 18.7 Å². The number of rotatable bonds is 5. The van der Waals surface area contributed by atoms with Crippen LogP contribution in [0.3, 0.4) is 0 Å². The molecule has 0 aliphatic carbocycles. The van der Waals surface area contributed by atoms with Gasteiger partial charge in [0.2, 0.25) is 5.91 Å². The first-order valence-corrected chi connectivity index (χ1v) is 7.01. The molecule has 5 nitrogen and oxygen atoms in total. The Balaban J connectivity index is 0.00000180. The molecule has 0 unspecified atom stereocenters. The molecule has 1 aromatic rings. The van der Waals surface area contributed by atoms with Crippen molar-refractivity contribution in [2.75, 3.05) is 26.8 Å². The molecule has 2 heterocycles. The second-order valence-corrected chi connectivity index (χ2v) is 5.55. The maximum atomic E-state index is 12.4. The Morgan fingerprint density at radius 2 is 2.20 bits per heavy atom. The number of nitrogens with one attached hydrogen (secondary N) is 2. The van der Waals surface area contributed by atoms with E-state index in [-0.39, 0.29) is 36.1 Å². The molecule has 1 fully saturated rings. The largest absolute Gasteiger partial charge is 0.384 e. The van der Waals surface area contributed by atoms with Crippen LogP contribution in [0.5, 0.6) is 0 Å². The summed E-state index contributed by atoms with van der Waals surface area (Å²) in [4.78, 5) is 16.5. The molecule has 1 aromatic heterocycles. The van der Waals surface area contributed by atoms with Crippen LogP contribution in [-0.2, 0) is 16.1 Å². The highest BCUT2D eigenvalue weighted by molar-refractivity contribution is 7.09. The van der Waals surface area contributed by atoms with Crippen molar-refractivity contribution in [3.63, 3.8) is 0 Å². The number of carbonyl (C=O) groups is 1. The average Bonchev–Trinajstić information content (AvgIpc) is 2.90. The van der Waals surface area contributed by atoms with E-state index in [0.29, 0.717) is 13.2 Å². The fourth-order valence-corrected chi connectivity index (χ4v) is 2.86. The Hall–Kier alpha value is -0.400. The fraction of sp³-hybridized carbons (Fsp3) is 0.667. The van der Waals surface area contributed by atoms with Gasteiger partial charge in [-0.3, -0.25) is 4.79 Å². The minimum Gasteiger partial charge on any atom is -0.384 e. The molecule has 0 saturated carbocycles. The predicted molar refractivity (Wildman–Crippen MR) is 84.9 cm³/mol. The third-order valence-electron chi connectivity index (χ3n) is 3.35. The van der Waals surface area contributed by atoms with Gasteiger partial charge in [-0.25, -0.2) is 4.98 Å². The number of ether oxygens (including phenoxy) is 1. The van der Waals surface area contributed by atoms with E-state index in [1.807, 2.05) is 5.38 Å². The number of amides is 1. The number of thiazole rings is 1. The first-order chi connectivity index (χ1) is 8.77. The summed E-state index contributed by atoms with van der Waals surface area (Å²) in [5.74, 6) is 0.0843. The summed E-state index contributed by atoms with van der Waals surface area (Å²) in [7, 11) is 1.65. The van der Waals surface area contributed by atoms with Gasteiger partial charge in [0.25, 0.3) is 0 Å². The highest BCUT2D eigenvalue weighted by Gasteiger charge is 2.39. The molecule has 2 N–H and O–H groups in total. The molecule has 1 aliphatic heterocycles. The number of aromatic nitrogens is 1. The zero-order valence-electron chi connectivity index (χ0n) is 11.4. The van der Waals surface area contributed by atoms with Gasteiger partial charge in [-0.15, -0.1) is 36.2 Å². The van der Waals surface area contributed by atoms with Crippen LogP contribution in [0.25, 0.3) is 0 Å². The Morgan fingerprint density at radius 3 is 2.75 bits per heavy atom. The second-order valence-electron chi connectivity index (χ2n) is 4.57.